The highest BCUT2D eigenvalue weighted by atomic mass is 16.7. The van der Waals surface area contributed by atoms with E-state index in [0.29, 0.717) is 0 Å². The van der Waals surface area contributed by atoms with Crippen LogP contribution in [0.25, 0.3) is 10.8 Å². The number of ketones is 1. The lowest BCUT2D eigenvalue weighted by Crippen LogP contribution is -2.46. The summed E-state index contributed by atoms with van der Waals surface area (Å²) in [6, 6.07) is 1.10. The molecule has 0 radical (unpaired) electrons. The van der Waals surface area contributed by atoms with E-state index in [1.165, 1.54) is 64.2 Å². The minimum absolute atomic E-state index is 0.0615. The summed E-state index contributed by atoms with van der Waals surface area (Å²) in [6.45, 7) is 15.7. The van der Waals surface area contributed by atoms with Crippen molar-refractivity contribution in [3.63, 3.8) is 0 Å². The average molecular weight is 811 g/mol. The number of phenolic OH excluding ortho intramolecular Hbond substituents is 2. The van der Waals surface area contributed by atoms with Crippen LogP contribution in [-0.4, -0.2) is 106 Å². The number of ether oxygens (including phenoxy) is 5. The minimum atomic E-state index is -2.02. The van der Waals surface area contributed by atoms with Crippen LogP contribution in [-0.2, 0) is 28.6 Å². The third kappa shape index (κ3) is 9.11. The summed E-state index contributed by atoms with van der Waals surface area (Å²) in [6.07, 6.45) is 3.58. The first kappa shape index (κ1) is 45.6. The van der Waals surface area contributed by atoms with Gasteiger partial charge in [-0.15, -0.1) is 0 Å². The molecule has 0 saturated carbocycles. The first-order valence-corrected chi connectivity index (χ1v) is 19.3. The Morgan fingerprint density at radius 2 is 1.64 bits per heavy atom. The number of allylic oxidation sites excluding steroid dienone is 2. The summed E-state index contributed by atoms with van der Waals surface area (Å²) in [7, 11) is 3.04. The number of aliphatic hydroxyl groups excluding tert-OH is 2. The fraction of sp³-hybridized carbons (Fsp3) is 0.535. The standard InChI is InChI=1S/C43H58N2O13/c1-20(2)45(11)31(47)19-55-30-18-28-38(51)33-32(30)34-40(26(8)37(33)50)58-43(10,41(34)52)56-17-16-29(54-12)23(5)39(57-27(9)46)25(7)36(49)24(6)35(48)21(3)14-13-15-22(4)42(53)44-28/h13-18,20-21,23-25,29,35-36,39,48-51H,19H2,1-12H3,(H,44,53)/b14-13-,17-16?,22-15-/t21-,23+,24+,25+,29-,35-,36+,39+,43-/m0/s1. The predicted octanol–water partition coefficient (Wildman–Crippen LogP) is 5.29. The van der Waals surface area contributed by atoms with Gasteiger partial charge in [-0.2, -0.15) is 0 Å². The molecule has 2 aromatic carbocycles. The number of nitrogens with zero attached hydrogens (tertiary/aromatic N) is 1. The predicted molar refractivity (Wildman–Crippen MR) is 216 cm³/mol. The van der Waals surface area contributed by atoms with Gasteiger partial charge in [0.05, 0.1) is 41.2 Å². The highest BCUT2D eigenvalue weighted by molar-refractivity contribution is 6.21. The van der Waals surface area contributed by atoms with Crippen molar-refractivity contribution < 1.29 is 63.3 Å². The number of rotatable bonds is 6. The molecule has 0 spiro atoms. The lowest BCUT2D eigenvalue weighted by molar-refractivity contribution is -0.160. The molecule has 58 heavy (non-hydrogen) atoms. The Balaban J connectivity index is 1.94. The van der Waals surface area contributed by atoms with Gasteiger partial charge in [0.1, 0.15) is 23.4 Å². The van der Waals surface area contributed by atoms with Gasteiger partial charge < -0.3 is 54.3 Å². The van der Waals surface area contributed by atoms with Gasteiger partial charge in [-0.25, -0.2) is 0 Å². The highest BCUT2D eigenvalue weighted by Crippen LogP contribution is 2.54. The summed E-state index contributed by atoms with van der Waals surface area (Å²) in [5.41, 5.74) is -0.0251. The second-order valence-corrected chi connectivity index (χ2v) is 15.8. The molecule has 9 atom stereocenters. The molecule has 3 heterocycles. The number of phenols is 2. The van der Waals surface area contributed by atoms with Crippen molar-refractivity contribution in [2.45, 2.75) is 105 Å². The Kier molecular flexibility index (Phi) is 14.3. The fourth-order valence-electron chi connectivity index (χ4n) is 7.28. The number of hydrogen-bond donors (Lipinski definition) is 5. The molecular formula is C43H58N2O13. The van der Waals surface area contributed by atoms with E-state index in [0.717, 1.165) is 0 Å². The molecule has 5 N–H and O–H groups in total. The molecule has 0 aliphatic carbocycles. The zero-order valence-corrected chi connectivity index (χ0v) is 35.3. The third-order valence-electron chi connectivity index (χ3n) is 11.3. The van der Waals surface area contributed by atoms with Crippen LogP contribution in [0.2, 0.25) is 0 Å². The number of methoxy groups -OCH3 is 1. The summed E-state index contributed by atoms with van der Waals surface area (Å²) in [4.78, 5) is 54.8. The Morgan fingerprint density at radius 3 is 2.24 bits per heavy atom. The maximum Gasteiger partial charge on any atom is 0.312 e. The van der Waals surface area contributed by atoms with E-state index >= 15 is 0 Å². The van der Waals surface area contributed by atoms with Gasteiger partial charge in [0.2, 0.25) is 0 Å². The molecule has 0 aromatic heterocycles. The molecule has 0 saturated heterocycles. The topological polar surface area (TPSA) is 211 Å². The minimum Gasteiger partial charge on any atom is -0.507 e. The summed E-state index contributed by atoms with van der Waals surface area (Å²) >= 11 is 0. The van der Waals surface area contributed by atoms with E-state index in [-0.39, 0.29) is 50.7 Å². The quantitative estimate of drug-likeness (QED) is 0.186. The van der Waals surface area contributed by atoms with Gasteiger partial charge in [-0.05, 0) is 33.8 Å². The number of aliphatic hydroxyl groups is 2. The second-order valence-electron chi connectivity index (χ2n) is 15.8. The normalized spacial score (nSPS) is 29.7. The van der Waals surface area contributed by atoms with E-state index in [1.807, 2.05) is 13.8 Å². The Hall–Kier alpha value is -5.12. The Bertz CT molecular complexity index is 2010. The van der Waals surface area contributed by atoms with Gasteiger partial charge in [0.25, 0.3) is 17.6 Å². The zero-order chi connectivity index (χ0) is 43.5. The number of nitrogens with one attached hydrogen (secondary N) is 1. The number of hydrogen-bond acceptors (Lipinski definition) is 13. The lowest BCUT2D eigenvalue weighted by Gasteiger charge is -2.38. The number of likely N-dealkylation sites (N-methyl/N-ethyl adjacent to an activating group) is 1. The molecule has 15 heteroatoms. The number of amides is 2. The van der Waals surface area contributed by atoms with Crippen LogP contribution >= 0.6 is 0 Å². The van der Waals surface area contributed by atoms with Gasteiger partial charge in [0, 0.05) is 80.3 Å². The first-order chi connectivity index (χ1) is 27.1. The van der Waals surface area contributed by atoms with Gasteiger partial charge in [-0.1, -0.05) is 45.9 Å². The maximum atomic E-state index is 14.4. The number of anilines is 1. The SMILES string of the molecule is CO[C@H]1C=CO[C@@]2(C)Oc3c(C)c(O)c4c(O)c(cc(OCC(=O)N(C)C(C)C)c4c3C2=O)NC(=O)/C(C)=C\C=C/[C@H](C)[C@H](O)[C@@H](C)[C@@H](O)[C@@H](C)[C@H](OC(C)=O)[C@@H]1C. The van der Waals surface area contributed by atoms with E-state index in [1.54, 1.807) is 46.9 Å². The molecule has 3 aliphatic heterocycles. The molecule has 0 unspecified atom stereocenters. The highest BCUT2D eigenvalue weighted by Gasteiger charge is 2.49. The van der Waals surface area contributed by atoms with Crippen molar-refractivity contribution in [3.8, 4) is 23.0 Å². The first-order valence-electron chi connectivity index (χ1n) is 19.3. The van der Waals surface area contributed by atoms with Crippen LogP contribution in [0.1, 0.15) is 78.2 Å². The largest absolute Gasteiger partial charge is 0.507 e. The second kappa shape index (κ2) is 18.2. The monoisotopic (exact) mass is 810 g/mol. The van der Waals surface area contributed by atoms with Gasteiger partial charge >= 0.3 is 11.8 Å². The van der Waals surface area contributed by atoms with Crippen LogP contribution in [0, 0.1) is 30.6 Å². The van der Waals surface area contributed by atoms with Gasteiger partial charge in [0.15, 0.2) is 12.4 Å². The number of carbonyl (C=O) groups excluding carboxylic acids is 4. The van der Waals surface area contributed by atoms with Crippen molar-refractivity contribution >= 4 is 40.0 Å². The summed E-state index contributed by atoms with van der Waals surface area (Å²) in [5, 5.41) is 48.3. The van der Waals surface area contributed by atoms with Crippen molar-refractivity contribution in [1.29, 1.82) is 0 Å². The van der Waals surface area contributed by atoms with E-state index < -0.39 is 95.5 Å². The molecule has 2 amide bonds. The van der Waals surface area contributed by atoms with E-state index in [4.69, 9.17) is 23.7 Å². The summed E-state index contributed by atoms with van der Waals surface area (Å²) in [5.74, 6) is -8.09. The summed E-state index contributed by atoms with van der Waals surface area (Å²) < 4.78 is 29.7. The number of aromatic hydroxyl groups is 2. The number of carbonyl (C=O) groups is 4. The molecule has 3 aliphatic rings. The van der Waals surface area contributed by atoms with Crippen molar-refractivity contribution in [2.75, 3.05) is 26.1 Å². The van der Waals surface area contributed by atoms with Crippen LogP contribution in [0.4, 0.5) is 5.69 Å². The van der Waals surface area contributed by atoms with Crippen LogP contribution in [0.3, 0.4) is 0 Å². The average Bonchev–Trinajstić information content (AvgIpc) is 3.44. The molecule has 5 bridgehead atoms. The molecule has 15 nitrogen and oxygen atoms in total. The maximum absolute atomic E-state index is 14.4. The smallest absolute Gasteiger partial charge is 0.312 e. The number of Topliss-reactive ketones (excluding diaryl/α,β-unsaturated/α-hetero) is 1. The van der Waals surface area contributed by atoms with Crippen molar-refractivity contribution in [2.24, 2.45) is 23.7 Å². The van der Waals surface area contributed by atoms with Gasteiger partial charge in [-0.3, -0.25) is 19.2 Å². The Morgan fingerprint density at radius 1 is 0.983 bits per heavy atom. The van der Waals surface area contributed by atoms with E-state index in [2.05, 4.69) is 5.32 Å². The number of esters is 1. The molecule has 2 aromatic rings. The Labute approximate surface area is 339 Å². The third-order valence-corrected chi connectivity index (χ3v) is 11.3. The number of fused-ring (bicyclic) bond motifs is 14. The van der Waals surface area contributed by atoms with Crippen LogP contribution in [0.15, 0.2) is 42.2 Å². The molecule has 0 fully saturated rings. The zero-order valence-electron chi connectivity index (χ0n) is 35.3. The fourth-order valence-corrected chi connectivity index (χ4v) is 7.28. The van der Waals surface area contributed by atoms with E-state index in [9.17, 15) is 39.6 Å². The van der Waals surface area contributed by atoms with Crippen molar-refractivity contribution in [1.82, 2.24) is 4.90 Å². The van der Waals surface area contributed by atoms with Crippen LogP contribution < -0.4 is 14.8 Å². The lowest BCUT2D eigenvalue weighted by atomic mass is 9.78. The van der Waals surface area contributed by atoms with Crippen molar-refractivity contribution in [3.05, 3.63) is 53.3 Å². The molecule has 318 valence electrons. The number of benzene rings is 2. The molecular weight excluding hydrogens is 752 g/mol. The van der Waals surface area contributed by atoms with Crippen LogP contribution in [0.5, 0.6) is 23.0 Å². The molecule has 5 rings (SSSR count).